The molecule has 1 aromatic heterocycles. The van der Waals surface area contributed by atoms with Gasteiger partial charge in [0.1, 0.15) is 29.1 Å². The maximum atomic E-state index is 13.1. The highest BCUT2D eigenvalue weighted by atomic mass is 16.5. The number of ketones is 1. The van der Waals surface area contributed by atoms with Gasteiger partial charge in [0.15, 0.2) is 0 Å². The summed E-state index contributed by atoms with van der Waals surface area (Å²) in [5.41, 5.74) is 0.841. The Kier molecular flexibility index (Phi) is 6.22. The van der Waals surface area contributed by atoms with E-state index in [1.54, 1.807) is 67.8 Å². The molecule has 1 aliphatic heterocycles. The molecule has 0 radical (unpaired) electrons. The first-order valence-electron chi connectivity index (χ1n) is 10.6. The Morgan fingerprint density at radius 1 is 1.03 bits per heavy atom. The fraction of sp³-hybridized carbons (Fsp3) is 0.231. The second-order valence-corrected chi connectivity index (χ2v) is 8.11. The third-order valence-electron chi connectivity index (χ3n) is 5.32. The predicted octanol–water partition coefficient (Wildman–Crippen LogP) is 4.95. The molecule has 33 heavy (non-hydrogen) atoms. The van der Waals surface area contributed by atoms with Crippen molar-refractivity contribution in [3.05, 3.63) is 83.8 Å². The fourth-order valence-electron chi connectivity index (χ4n) is 3.69. The van der Waals surface area contributed by atoms with Gasteiger partial charge in [-0.1, -0.05) is 13.8 Å². The van der Waals surface area contributed by atoms with Crippen LogP contribution in [0.1, 0.15) is 31.2 Å². The van der Waals surface area contributed by atoms with Crippen LogP contribution in [0, 0.1) is 5.92 Å². The third-order valence-corrected chi connectivity index (χ3v) is 5.32. The Balaban J connectivity index is 1.76. The van der Waals surface area contributed by atoms with Crippen LogP contribution in [0.5, 0.6) is 11.5 Å². The zero-order valence-electron chi connectivity index (χ0n) is 18.6. The van der Waals surface area contributed by atoms with Crippen molar-refractivity contribution in [1.82, 2.24) is 0 Å². The number of nitrogens with zero attached hydrogens (tertiary/aromatic N) is 1. The molecule has 2 aromatic carbocycles. The average molecular weight is 447 g/mol. The topological polar surface area (TPSA) is 89.2 Å². The summed E-state index contributed by atoms with van der Waals surface area (Å²) in [7, 11) is 1.54. The zero-order valence-corrected chi connectivity index (χ0v) is 18.6. The summed E-state index contributed by atoms with van der Waals surface area (Å²) in [5.74, 6) is 0.195. The summed E-state index contributed by atoms with van der Waals surface area (Å²) in [6.45, 7) is 4.67. The Labute approximate surface area is 191 Å². The predicted molar refractivity (Wildman–Crippen MR) is 123 cm³/mol. The fourth-order valence-corrected chi connectivity index (χ4v) is 3.69. The van der Waals surface area contributed by atoms with Crippen LogP contribution in [-0.4, -0.2) is 30.5 Å². The Morgan fingerprint density at radius 3 is 2.27 bits per heavy atom. The summed E-state index contributed by atoms with van der Waals surface area (Å²) in [6, 6.07) is 15.9. The molecule has 0 aliphatic carbocycles. The average Bonchev–Trinajstić information content (AvgIpc) is 3.44. The quantitative estimate of drug-likeness (QED) is 0.313. The molecule has 1 unspecified atom stereocenters. The van der Waals surface area contributed by atoms with Gasteiger partial charge in [-0.3, -0.25) is 14.5 Å². The molecule has 7 heteroatoms. The van der Waals surface area contributed by atoms with E-state index in [2.05, 4.69) is 13.8 Å². The SMILES string of the molecule is COc1ccc(N2C(=O)C(=O)/C(=C(\O)c3ccc(OCC(C)C)cc3)C2c2ccco2)cc1. The highest BCUT2D eigenvalue weighted by Crippen LogP contribution is 2.42. The lowest BCUT2D eigenvalue weighted by Gasteiger charge is -2.23. The number of anilines is 1. The largest absolute Gasteiger partial charge is 0.507 e. The molecule has 0 spiro atoms. The number of carbonyl (C=O) groups is 2. The lowest BCUT2D eigenvalue weighted by atomic mass is 9.99. The van der Waals surface area contributed by atoms with Crippen molar-refractivity contribution >= 4 is 23.1 Å². The molecule has 3 aromatic rings. The number of hydrogen-bond acceptors (Lipinski definition) is 6. The van der Waals surface area contributed by atoms with Crippen LogP contribution in [0.25, 0.3) is 5.76 Å². The minimum absolute atomic E-state index is 0.0402. The summed E-state index contributed by atoms with van der Waals surface area (Å²) in [5, 5.41) is 11.1. The maximum absolute atomic E-state index is 13.1. The number of carbonyl (C=O) groups excluding carboxylic acids is 2. The molecule has 2 heterocycles. The molecule has 1 fully saturated rings. The first-order chi connectivity index (χ1) is 15.9. The van der Waals surface area contributed by atoms with Crippen molar-refractivity contribution in [1.29, 1.82) is 0 Å². The summed E-state index contributed by atoms with van der Waals surface area (Å²) in [4.78, 5) is 27.5. The second kappa shape index (κ2) is 9.24. The van der Waals surface area contributed by atoms with Gasteiger partial charge in [-0.25, -0.2) is 0 Å². The van der Waals surface area contributed by atoms with Crippen molar-refractivity contribution in [2.75, 3.05) is 18.6 Å². The number of aliphatic hydroxyl groups is 1. The Morgan fingerprint density at radius 2 is 1.70 bits per heavy atom. The van der Waals surface area contributed by atoms with E-state index in [0.717, 1.165) is 0 Å². The van der Waals surface area contributed by atoms with Crippen molar-refractivity contribution in [3.8, 4) is 11.5 Å². The lowest BCUT2D eigenvalue weighted by Crippen LogP contribution is -2.29. The van der Waals surface area contributed by atoms with E-state index in [-0.39, 0.29) is 11.3 Å². The van der Waals surface area contributed by atoms with Gasteiger partial charge in [-0.2, -0.15) is 0 Å². The van der Waals surface area contributed by atoms with Gasteiger partial charge in [0, 0.05) is 11.3 Å². The van der Waals surface area contributed by atoms with E-state index in [1.807, 2.05) is 0 Å². The van der Waals surface area contributed by atoms with Crippen LogP contribution < -0.4 is 14.4 Å². The van der Waals surface area contributed by atoms with Gasteiger partial charge in [-0.05, 0) is 66.6 Å². The number of methoxy groups -OCH3 is 1. The highest BCUT2D eigenvalue weighted by molar-refractivity contribution is 6.51. The monoisotopic (exact) mass is 447 g/mol. The maximum Gasteiger partial charge on any atom is 0.300 e. The molecular weight excluding hydrogens is 422 g/mol. The number of hydrogen-bond donors (Lipinski definition) is 1. The number of benzene rings is 2. The molecule has 1 N–H and O–H groups in total. The molecule has 7 nitrogen and oxygen atoms in total. The van der Waals surface area contributed by atoms with E-state index >= 15 is 0 Å². The molecule has 170 valence electrons. The van der Waals surface area contributed by atoms with E-state index in [1.165, 1.54) is 11.2 Å². The van der Waals surface area contributed by atoms with Gasteiger partial charge in [0.2, 0.25) is 0 Å². The van der Waals surface area contributed by atoms with Gasteiger partial charge < -0.3 is 19.0 Å². The van der Waals surface area contributed by atoms with E-state index in [0.29, 0.717) is 41.0 Å². The number of Topliss-reactive ketones (excluding diaryl/α,β-unsaturated/α-hetero) is 1. The molecule has 4 rings (SSSR count). The van der Waals surface area contributed by atoms with Crippen LogP contribution in [-0.2, 0) is 9.59 Å². The van der Waals surface area contributed by atoms with Gasteiger partial charge in [0.25, 0.3) is 11.7 Å². The Hall–Kier alpha value is -4.00. The zero-order chi connectivity index (χ0) is 23.5. The van der Waals surface area contributed by atoms with Crippen LogP contribution >= 0.6 is 0 Å². The number of ether oxygens (including phenoxy) is 2. The summed E-state index contributed by atoms with van der Waals surface area (Å²) >= 11 is 0. The van der Waals surface area contributed by atoms with Crippen LogP contribution in [0.15, 0.2) is 76.9 Å². The van der Waals surface area contributed by atoms with E-state index in [4.69, 9.17) is 13.9 Å². The third kappa shape index (κ3) is 4.35. The number of furan rings is 1. The van der Waals surface area contributed by atoms with Crippen molar-refractivity contribution in [3.63, 3.8) is 0 Å². The molecule has 0 saturated carbocycles. The molecule has 1 atom stereocenters. The molecule has 1 aliphatic rings. The van der Waals surface area contributed by atoms with Crippen molar-refractivity contribution < 1.29 is 28.6 Å². The van der Waals surface area contributed by atoms with Crippen molar-refractivity contribution in [2.24, 2.45) is 5.92 Å². The highest BCUT2D eigenvalue weighted by Gasteiger charge is 2.48. The smallest absolute Gasteiger partial charge is 0.300 e. The van der Waals surface area contributed by atoms with Gasteiger partial charge in [0.05, 0.1) is 25.6 Å². The van der Waals surface area contributed by atoms with E-state index < -0.39 is 17.7 Å². The molecular formula is C26H25NO6. The van der Waals surface area contributed by atoms with Crippen LogP contribution in [0.3, 0.4) is 0 Å². The normalized spacial score (nSPS) is 17.6. The minimum Gasteiger partial charge on any atom is -0.507 e. The van der Waals surface area contributed by atoms with Gasteiger partial charge >= 0.3 is 0 Å². The van der Waals surface area contributed by atoms with E-state index in [9.17, 15) is 14.7 Å². The second-order valence-electron chi connectivity index (χ2n) is 8.11. The molecule has 0 bridgehead atoms. The first-order valence-corrected chi connectivity index (χ1v) is 10.6. The number of aliphatic hydroxyl groups excluding tert-OH is 1. The minimum atomic E-state index is -0.912. The first kappa shape index (κ1) is 22.2. The summed E-state index contributed by atoms with van der Waals surface area (Å²) in [6.07, 6.45) is 1.46. The van der Waals surface area contributed by atoms with Crippen LogP contribution in [0.4, 0.5) is 5.69 Å². The molecule has 1 amide bonds. The standard InChI is InChI=1S/C26H25NO6/c1-16(2)15-33-20-10-6-17(7-11-20)24(28)22-23(21-5-4-14-32-21)27(26(30)25(22)29)18-8-12-19(31-3)13-9-18/h4-14,16,23,28H,15H2,1-3H3/b24-22-. The van der Waals surface area contributed by atoms with Crippen LogP contribution in [0.2, 0.25) is 0 Å². The number of amides is 1. The molecule has 1 saturated heterocycles. The lowest BCUT2D eigenvalue weighted by molar-refractivity contribution is -0.132. The van der Waals surface area contributed by atoms with Gasteiger partial charge in [-0.15, -0.1) is 0 Å². The number of rotatable bonds is 7. The summed E-state index contributed by atoms with van der Waals surface area (Å²) < 4.78 is 16.4. The van der Waals surface area contributed by atoms with Crippen molar-refractivity contribution in [2.45, 2.75) is 19.9 Å². The Bertz CT molecular complexity index is 1160.